The van der Waals surface area contributed by atoms with Crippen LogP contribution in [0.1, 0.15) is 15.2 Å². The van der Waals surface area contributed by atoms with Crippen molar-refractivity contribution in [3.63, 3.8) is 0 Å². The molecule has 0 saturated carbocycles. The first kappa shape index (κ1) is 16.2. The standard InChI is InChI=1S/C19H14N4O2S/c1-12-11-20-19(26-12)21-16(24)13-7-9-15(10-8-13)18-23-22-17(25-18)14-5-3-2-4-6-14/h2-11H,1H3,(H,20,21,24). The van der Waals surface area contributed by atoms with Crippen LogP contribution < -0.4 is 5.32 Å². The minimum atomic E-state index is -0.207. The Morgan fingerprint density at radius 3 is 2.23 bits per heavy atom. The molecule has 6 nitrogen and oxygen atoms in total. The Morgan fingerprint density at radius 1 is 0.962 bits per heavy atom. The van der Waals surface area contributed by atoms with Gasteiger partial charge in [0.25, 0.3) is 5.91 Å². The Labute approximate surface area is 153 Å². The van der Waals surface area contributed by atoms with Crippen LogP contribution in [0.5, 0.6) is 0 Å². The van der Waals surface area contributed by atoms with Crippen LogP contribution in [-0.2, 0) is 0 Å². The van der Waals surface area contributed by atoms with E-state index in [0.717, 1.165) is 16.0 Å². The van der Waals surface area contributed by atoms with Crippen molar-refractivity contribution in [1.29, 1.82) is 0 Å². The van der Waals surface area contributed by atoms with E-state index in [9.17, 15) is 4.79 Å². The summed E-state index contributed by atoms with van der Waals surface area (Å²) in [6.07, 6.45) is 1.73. The maximum Gasteiger partial charge on any atom is 0.257 e. The fraction of sp³-hybridized carbons (Fsp3) is 0.0526. The number of thiazole rings is 1. The zero-order chi connectivity index (χ0) is 17.9. The quantitative estimate of drug-likeness (QED) is 0.581. The van der Waals surface area contributed by atoms with Gasteiger partial charge in [0, 0.05) is 27.8 Å². The lowest BCUT2D eigenvalue weighted by atomic mass is 10.1. The Balaban J connectivity index is 1.51. The highest BCUT2D eigenvalue weighted by Gasteiger charge is 2.12. The second kappa shape index (κ2) is 6.89. The number of nitrogens with zero attached hydrogens (tertiary/aromatic N) is 3. The minimum absolute atomic E-state index is 0.207. The van der Waals surface area contributed by atoms with Crippen LogP contribution >= 0.6 is 11.3 Å². The first-order valence-corrected chi connectivity index (χ1v) is 8.74. The lowest BCUT2D eigenvalue weighted by Gasteiger charge is -2.02. The van der Waals surface area contributed by atoms with E-state index in [1.54, 1.807) is 30.5 Å². The highest BCUT2D eigenvalue weighted by Crippen LogP contribution is 2.24. The molecule has 2 heterocycles. The van der Waals surface area contributed by atoms with E-state index in [1.165, 1.54) is 11.3 Å². The Bertz CT molecular complexity index is 1040. The second-order valence-electron chi connectivity index (χ2n) is 5.59. The molecule has 26 heavy (non-hydrogen) atoms. The van der Waals surface area contributed by atoms with E-state index in [2.05, 4.69) is 20.5 Å². The van der Waals surface area contributed by atoms with Crippen molar-refractivity contribution in [2.45, 2.75) is 6.92 Å². The van der Waals surface area contributed by atoms with E-state index < -0.39 is 0 Å². The molecule has 0 aliphatic carbocycles. The van der Waals surface area contributed by atoms with Crippen LogP contribution in [0.2, 0.25) is 0 Å². The summed E-state index contributed by atoms with van der Waals surface area (Å²) in [5.74, 6) is 0.661. The van der Waals surface area contributed by atoms with E-state index in [4.69, 9.17) is 4.42 Å². The number of benzene rings is 2. The molecule has 0 saturated heterocycles. The molecule has 2 aromatic carbocycles. The summed E-state index contributed by atoms with van der Waals surface area (Å²) >= 11 is 1.44. The molecule has 0 radical (unpaired) electrons. The molecule has 0 aliphatic heterocycles. The summed E-state index contributed by atoms with van der Waals surface area (Å²) in [6.45, 7) is 1.94. The molecular formula is C19H14N4O2S. The number of nitrogens with one attached hydrogen (secondary N) is 1. The van der Waals surface area contributed by atoms with Crippen molar-refractivity contribution >= 4 is 22.4 Å². The molecule has 1 N–H and O–H groups in total. The van der Waals surface area contributed by atoms with Gasteiger partial charge in [-0.2, -0.15) is 0 Å². The predicted octanol–water partition coefficient (Wildman–Crippen LogP) is 4.42. The normalized spacial score (nSPS) is 10.7. The molecule has 2 aromatic heterocycles. The van der Waals surface area contributed by atoms with E-state index in [-0.39, 0.29) is 5.91 Å². The number of aryl methyl sites for hydroxylation is 1. The third-order valence-electron chi connectivity index (χ3n) is 3.68. The van der Waals surface area contributed by atoms with Crippen molar-refractivity contribution in [2.75, 3.05) is 5.32 Å². The van der Waals surface area contributed by atoms with E-state index >= 15 is 0 Å². The fourth-order valence-electron chi connectivity index (χ4n) is 2.38. The van der Waals surface area contributed by atoms with Gasteiger partial charge in [0.2, 0.25) is 11.8 Å². The van der Waals surface area contributed by atoms with Gasteiger partial charge in [0.1, 0.15) is 0 Å². The maximum absolute atomic E-state index is 12.3. The molecule has 128 valence electrons. The third-order valence-corrected chi connectivity index (χ3v) is 4.51. The largest absolute Gasteiger partial charge is 0.416 e. The van der Waals surface area contributed by atoms with Crippen LogP contribution in [-0.4, -0.2) is 21.1 Å². The third kappa shape index (κ3) is 3.38. The molecule has 0 fully saturated rings. The minimum Gasteiger partial charge on any atom is -0.416 e. The van der Waals surface area contributed by atoms with Crippen molar-refractivity contribution in [2.24, 2.45) is 0 Å². The van der Waals surface area contributed by atoms with E-state index in [0.29, 0.717) is 22.5 Å². The first-order valence-electron chi connectivity index (χ1n) is 7.92. The van der Waals surface area contributed by atoms with Gasteiger partial charge in [-0.3, -0.25) is 10.1 Å². The zero-order valence-electron chi connectivity index (χ0n) is 13.8. The molecule has 4 rings (SSSR count). The monoisotopic (exact) mass is 362 g/mol. The Hall–Kier alpha value is -3.32. The Kier molecular flexibility index (Phi) is 4.28. The Morgan fingerprint density at radius 2 is 1.62 bits per heavy atom. The smallest absolute Gasteiger partial charge is 0.257 e. The van der Waals surface area contributed by atoms with Gasteiger partial charge in [-0.25, -0.2) is 4.98 Å². The topological polar surface area (TPSA) is 80.9 Å². The molecule has 0 spiro atoms. The van der Waals surface area contributed by atoms with Crippen molar-refractivity contribution in [1.82, 2.24) is 15.2 Å². The predicted molar refractivity (Wildman–Crippen MR) is 100.0 cm³/mol. The molecule has 1 amide bonds. The number of amides is 1. The van der Waals surface area contributed by atoms with Crippen LogP contribution in [0.4, 0.5) is 5.13 Å². The van der Waals surface area contributed by atoms with Gasteiger partial charge >= 0.3 is 0 Å². The number of hydrogen-bond donors (Lipinski definition) is 1. The van der Waals surface area contributed by atoms with Gasteiger partial charge in [0.05, 0.1) is 0 Å². The summed E-state index contributed by atoms with van der Waals surface area (Å²) in [7, 11) is 0. The molecule has 0 aliphatic rings. The molecular weight excluding hydrogens is 348 g/mol. The average molecular weight is 362 g/mol. The van der Waals surface area contributed by atoms with Crippen molar-refractivity contribution < 1.29 is 9.21 Å². The van der Waals surface area contributed by atoms with Gasteiger partial charge in [-0.1, -0.05) is 18.2 Å². The van der Waals surface area contributed by atoms with Gasteiger partial charge in [-0.15, -0.1) is 21.5 Å². The number of carbonyl (C=O) groups is 1. The van der Waals surface area contributed by atoms with Gasteiger partial charge < -0.3 is 4.42 Å². The van der Waals surface area contributed by atoms with Crippen LogP contribution in [0.15, 0.2) is 65.2 Å². The number of carbonyl (C=O) groups excluding carboxylic acids is 1. The van der Waals surface area contributed by atoms with Crippen LogP contribution in [0.3, 0.4) is 0 Å². The molecule has 0 atom stereocenters. The average Bonchev–Trinajstić information content (AvgIpc) is 3.32. The number of aromatic nitrogens is 3. The fourth-order valence-corrected chi connectivity index (χ4v) is 3.04. The van der Waals surface area contributed by atoms with Crippen molar-refractivity contribution in [3.8, 4) is 22.9 Å². The summed E-state index contributed by atoms with van der Waals surface area (Å²) in [4.78, 5) is 17.4. The van der Waals surface area contributed by atoms with E-state index in [1.807, 2.05) is 37.3 Å². The molecule has 0 bridgehead atoms. The maximum atomic E-state index is 12.3. The second-order valence-corrected chi connectivity index (χ2v) is 6.82. The number of anilines is 1. The number of rotatable bonds is 4. The lowest BCUT2D eigenvalue weighted by molar-refractivity contribution is 0.102. The molecule has 7 heteroatoms. The van der Waals surface area contributed by atoms with Crippen LogP contribution in [0, 0.1) is 6.92 Å². The summed E-state index contributed by atoms with van der Waals surface area (Å²) in [5, 5.41) is 11.5. The highest BCUT2D eigenvalue weighted by atomic mass is 32.1. The van der Waals surface area contributed by atoms with Crippen molar-refractivity contribution in [3.05, 3.63) is 71.2 Å². The molecule has 4 aromatic rings. The SMILES string of the molecule is Cc1cnc(NC(=O)c2ccc(-c3nnc(-c4ccccc4)o3)cc2)s1. The lowest BCUT2D eigenvalue weighted by Crippen LogP contribution is -2.11. The van der Waals surface area contributed by atoms with Crippen LogP contribution in [0.25, 0.3) is 22.9 Å². The van der Waals surface area contributed by atoms with Gasteiger partial charge in [-0.05, 0) is 43.3 Å². The van der Waals surface area contributed by atoms with Gasteiger partial charge in [0.15, 0.2) is 5.13 Å². The highest BCUT2D eigenvalue weighted by molar-refractivity contribution is 7.15. The number of hydrogen-bond acceptors (Lipinski definition) is 6. The summed E-state index contributed by atoms with van der Waals surface area (Å²) in [5.41, 5.74) is 2.15. The summed E-state index contributed by atoms with van der Waals surface area (Å²) < 4.78 is 5.72. The summed E-state index contributed by atoms with van der Waals surface area (Å²) in [6, 6.07) is 16.6. The first-order chi connectivity index (χ1) is 12.7. The zero-order valence-corrected chi connectivity index (χ0v) is 14.7. The molecule has 0 unspecified atom stereocenters.